The largest absolute Gasteiger partial charge is 0.475 e. The second-order valence-corrected chi connectivity index (χ2v) is 3.58. The smallest absolute Gasteiger partial charge is 0.380 e. The third kappa shape index (κ3) is 2.55. The molecular weight excluding hydrogens is 232 g/mol. The molecule has 1 aromatic carbocycles. The molecule has 1 heterocycles. The van der Waals surface area contributed by atoms with Crippen LogP contribution in [-0.4, -0.2) is 16.9 Å². The van der Waals surface area contributed by atoms with Crippen LogP contribution in [0.2, 0.25) is 0 Å². The highest BCUT2D eigenvalue weighted by atomic mass is 16.4. The van der Waals surface area contributed by atoms with Gasteiger partial charge in [0.2, 0.25) is 0 Å². The fourth-order valence-electron chi connectivity index (χ4n) is 1.48. The Kier molecular flexibility index (Phi) is 3.38. The van der Waals surface area contributed by atoms with Crippen LogP contribution < -0.4 is 0 Å². The Morgan fingerprint density at radius 1 is 1.06 bits per heavy atom. The van der Waals surface area contributed by atoms with Gasteiger partial charge in [-0.1, -0.05) is 42.5 Å². The molecule has 1 aromatic heterocycles. The van der Waals surface area contributed by atoms with E-state index in [1.807, 2.05) is 30.3 Å². The SMILES string of the molecule is O=C(O)C(=O)c1occc1C=Cc1ccccc1. The van der Waals surface area contributed by atoms with Gasteiger partial charge in [-0.3, -0.25) is 4.79 Å². The van der Waals surface area contributed by atoms with Crippen molar-refractivity contribution >= 4 is 23.9 Å². The molecule has 0 aliphatic carbocycles. The van der Waals surface area contributed by atoms with Crippen LogP contribution in [0.15, 0.2) is 47.1 Å². The first-order valence-corrected chi connectivity index (χ1v) is 5.27. The van der Waals surface area contributed by atoms with Crippen LogP contribution in [0.4, 0.5) is 0 Å². The molecule has 0 atom stereocenters. The van der Waals surface area contributed by atoms with Gasteiger partial charge in [-0.15, -0.1) is 0 Å². The van der Waals surface area contributed by atoms with E-state index in [2.05, 4.69) is 0 Å². The first kappa shape index (κ1) is 11.9. The summed E-state index contributed by atoms with van der Waals surface area (Å²) < 4.78 is 4.89. The predicted octanol–water partition coefficient (Wildman–Crippen LogP) is 2.72. The quantitative estimate of drug-likeness (QED) is 0.661. The summed E-state index contributed by atoms with van der Waals surface area (Å²) in [7, 11) is 0. The van der Waals surface area contributed by atoms with Crippen LogP contribution in [-0.2, 0) is 4.79 Å². The third-order valence-electron chi connectivity index (χ3n) is 2.35. The maximum absolute atomic E-state index is 11.3. The molecule has 0 fully saturated rings. The van der Waals surface area contributed by atoms with E-state index in [-0.39, 0.29) is 5.76 Å². The van der Waals surface area contributed by atoms with Crippen LogP contribution >= 0.6 is 0 Å². The summed E-state index contributed by atoms with van der Waals surface area (Å²) in [6, 6.07) is 11.0. The molecule has 0 aliphatic heterocycles. The van der Waals surface area contributed by atoms with Crippen molar-refractivity contribution in [3.8, 4) is 0 Å². The van der Waals surface area contributed by atoms with Crippen LogP contribution in [0.3, 0.4) is 0 Å². The van der Waals surface area contributed by atoms with Crippen LogP contribution in [0.5, 0.6) is 0 Å². The monoisotopic (exact) mass is 242 g/mol. The Bertz CT molecular complexity index is 593. The summed E-state index contributed by atoms with van der Waals surface area (Å²) in [6.07, 6.45) is 4.72. The van der Waals surface area contributed by atoms with Gasteiger partial charge in [0.1, 0.15) is 0 Å². The van der Waals surface area contributed by atoms with E-state index >= 15 is 0 Å². The Balaban J connectivity index is 2.26. The minimum Gasteiger partial charge on any atom is -0.475 e. The molecule has 4 heteroatoms. The van der Waals surface area contributed by atoms with Gasteiger partial charge in [-0.05, 0) is 11.6 Å². The van der Waals surface area contributed by atoms with Crippen molar-refractivity contribution in [2.24, 2.45) is 0 Å². The molecule has 18 heavy (non-hydrogen) atoms. The standard InChI is InChI=1S/C14H10O4/c15-12(14(16)17)13-11(8-9-18-13)7-6-10-4-2-1-3-5-10/h1-9H,(H,16,17). The molecule has 0 radical (unpaired) electrons. The number of furan rings is 1. The normalized spacial score (nSPS) is 10.7. The highest BCUT2D eigenvalue weighted by Crippen LogP contribution is 2.15. The highest BCUT2D eigenvalue weighted by Gasteiger charge is 2.20. The zero-order chi connectivity index (χ0) is 13.0. The van der Waals surface area contributed by atoms with Crippen LogP contribution in [0.1, 0.15) is 21.7 Å². The molecule has 0 spiro atoms. The number of aliphatic carboxylic acids is 1. The van der Waals surface area contributed by atoms with E-state index in [0.29, 0.717) is 5.56 Å². The molecule has 0 aliphatic rings. The number of hydrogen-bond acceptors (Lipinski definition) is 3. The van der Waals surface area contributed by atoms with Gasteiger partial charge in [-0.2, -0.15) is 0 Å². The fourth-order valence-corrected chi connectivity index (χ4v) is 1.48. The van der Waals surface area contributed by atoms with Crippen molar-refractivity contribution in [3.63, 3.8) is 0 Å². The number of hydrogen-bond donors (Lipinski definition) is 1. The summed E-state index contributed by atoms with van der Waals surface area (Å²) in [5, 5.41) is 8.63. The molecule has 0 amide bonds. The Morgan fingerprint density at radius 3 is 2.44 bits per heavy atom. The zero-order valence-electron chi connectivity index (χ0n) is 9.37. The zero-order valence-corrected chi connectivity index (χ0v) is 9.37. The average molecular weight is 242 g/mol. The summed E-state index contributed by atoms with van der Waals surface area (Å²) >= 11 is 0. The molecule has 0 saturated carbocycles. The minimum atomic E-state index is -1.53. The van der Waals surface area contributed by atoms with Crippen molar-refractivity contribution in [1.82, 2.24) is 0 Å². The first-order chi connectivity index (χ1) is 8.68. The topological polar surface area (TPSA) is 67.5 Å². The summed E-state index contributed by atoms with van der Waals surface area (Å²) in [6.45, 7) is 0. The van der Waals surface area contributed by atoms with Crippen LogP contribution in [0, 0.1) is 0 Å². The molecule has 90 valence electrons. The maximum atomic E-state index is 11.3. The van der Waals surface area contributed by atoms with Crippen molar-refractivity contribution < 1.29 is 19.1 Å². The lowest BCUT2D eigenvalue weighted by molar-refractivity contribution is -0.131. The lowest BCUT2D eigenvalue weighted by Crippen LogP contribution is -2.12. The van der Waals surface area contributed by atoms with Gasteiger partial charge in [0.05, 0.1) is 6.26 Å². The number of ketones is 1. The Hall–Kier alpha value is -2.62. The number of carbonyl (C=O) groups excluding carboxylic acids is 1. The first-order valence-electron chi connectivity index (χ1n) is 5.27. The Labute approximate surface area is 103 Å². The van der Waals surface area contributed by atoms with Crippen molar-refractivity contribution in [3.05, 3.63) is 59.5 Å². The third-order valence-corrected chi connectivity index (χ3v) is 2.35. The summed E-state index contributed by atoms with van der Waals surface area (Å²) in [5.74, 6) is -2.73. The van der Waals surface area contributed by atoms with Gasteiger partial charge in [0.15, 0.2) is 5.76 Å². The average Bonchev–Trinajstić information content (AvgIpc) is 2.84. The molecule has 2 aromatic rings. The van der Waals surface area contributed by atoms with E-state index in [4.69, 9.17) is 9.52 Å². The maximum Gasteiger partial charge on any atom is 0.380 e. The molecule has 1 N–H and O–H groups in total. The van der Waals surface area contributed by atoms with E-state index < -0.39 is 11.8 Å². The number of Topliss-reactive ketones (excluding diaryl/α,β-unsaturated/α-hetero) is 1. The molecule has 2 rings (SSSR count). The summed E-state index contributed by atoms with van der Waals surface area (Å²) in [5.41, 5.74) is 1.40. The number of rotatable bonds is 4. The molecule has 0 unspecified atom stereocenters. The lowest BCUT2D eigenvalue weighted by Gasteiger charge is -1.94. The number of benzene rings is 1. The number of carboxylic acid groups (broad SMARTS) is 1. The van der Waals surface area contributed by atoms with Gasteiger partial charge in [-0.25, -0.2) is 4.79 Å². The van der Waals surface area contributed by atoms with E-state index in [1.54, 1.807) is 18.2 Å². The highest BCUT2D eigenvalue weighted by molar-refractivity contribution is 6.39. The van der Waals surface area contributed by atoms with Crippen LogP contribution in [0.25, 0.3) is 12.2 Å². The van der Waals surface area contributed by atoms with Crippen molar-refractivity contribution in [2.75, 3.05) is 0 Å². The number of carboxylic acids is 1. The van der Waals surface area contributed by atoms with Crippen molar-refractivity contribution in [1.29, 1.82) is 0 Å². The Morgan fingerprint density at radius 2 is 1.78 bits per heavy atom. The minimum absolute atomic E-state index is 0.158. The van der Waals surface area contributed by atoms with Crippen molar-refractivity contribution in [2.45, 2.75) is 0 Å². The van der Waals surface area contributed by atoms with E-state index in [0.717, 1.165) is 5.56 Å². The van der Waals surface area contributed by atoms with Gasteiger partial charge >= 0.3 is 11.8 Å². The molecular formula is C14H10O4. The molecule has 0 bridgehead atoms. The number of carbonyl (C=O) groups is 2. The van der Waals surface area contributed by atoms with Gasteiger partial charge in [0, 0.05) is 5.56 Å². The molecule has 0 saturated heterocycles. The second-order valence-electron chi connectivity index (χ2n) is 3.58. The van der Waals surface area contributed by atoms with E-state index in [1.165, 1.54) is 6.26 Å². The van der Waals surface area contributed by atoms with E-state index in [9.17, 15) is 9.59 Å². The van der Waals surface area contributed by atoms with Gasteiger partial charge in [0.25, 0.3) is 0 Å². The van der Waals surface area contributed by atoms with Gasteiger partial charge < -0.3 is 9.52 Å². The second kappa shape index (κ2) is 5.14. The molecule has 4 nitrogen and oxygen atoms in total. The predicted molar refractivity (Wildman–Crippen MR) is 66.0 cm³/mol. The summed E-state index contributed by atoms with van der Waals surface area (Å²) in [4.78, 5) is 21.9. The lowest BCUT2D eigenvalue weighted by atomic mass is 10.1. The fraction of sp³-hybridized carbons (Fsp3) is 0.